The summed E-state index contributed by atoms with van der Waals surface area (Å²) in [5, 5.41) is 8.95. The second-order valence-corrected chi connectivity index (χ2v) is 4.03. The molecule has 6 heteroatoms. The van der Waals surface area contributed by atoms with Crippen LogP contribution in [0.1, 0.15) is 17.1 Å². The minimum absolute atomic E-state index is 0.168. The van der Waals surface area contributed by atoms with Crippen LogP contribution in [-0.2, 0) is 19.5 Å². The topological polar surface area (TPSA) is 84.5 Å². The second kappa shape index (κ2) is 5.39. The standard InChI is InChI=1S/C11H18N4O2/c1-17-11-8-2-3-15(4-5-16)7-9(8)13-10(6-12)14-11/h16H,2-7,12H2,1H3. The van der Waals surface area contributed by atoms with Crippen molar-refractivity contribution in [2.75, 3.05) is 26.8 Å². The van der Waals surface area contributed by atoms with E-state index in [1.807, 2.05) is 0 Å². The summed E-state index contributed by atoms with van der Waals surface area (Å²) in [6.07, 6.45) is 0.851. The van der Waals surface area contributed by atoms with E-state index in [1.54, 1.807) is 7.11 Å². The van der Waals surface area contributed by atoms with E-state index in [2.05, 4.69) is 14.9 Å². The summed E-state index contributed by atoms with van der Waals surface area (Å²) in [6, 6.07) is 0. The molecule has 1 aliphatic rings. The molecule has 0 radical (unpaired) electrons. The highest BCUT2D eigenvalue weighted by molar-refractivity contribution is 5.33. The van der Waals surface area contributed by atoms with Crippen molar-refractivity contribution in [1.82, 2.24) is 14.9 Å². The third-order valence-electron chi connectivity index (χ3n) is 2.94. The maximum absolute atomic E-state index is 8.95. The molecule has 0 spiro atoms. The molecule has 3 N–H and O–H groups in total. The Balaban J connectivity index is 2.29. The zero-order chi connectivity index (χ0) is 12.3. The van der Waals surface area contributed by atoms with Crippen molar-refractivity contribution in [3.63, 3.8) is 0 Å². The summed E-state index contributed by atoms with van der Waals surface area (Å²) < 4.78 is 5.28. The maximum Gasteiger partial charge on any atom is 0.220 e. The lowest BCUT2D eigenvalue weighted by Gasteiger charge is -2.28. The molecule has 6 nitrogen and oxygen atoms in total. The van der Waals surface area contributed by atoms with Crippen molar-refractivity contribution in [1.29, 1.82) is 0 Å². The number of aliphatic hydroxyl groups excluding tert-OH is 1. The van der Waals surface area contributed by atoms with Gasteiger partial charge in [-0.3, -0.25) is 4.90 Å². The molecule has 17 heavy (non-hydrogen) atoms. The van der Waals surface area contributed by atoms with Gasteiger partial charge in [-0.2, -0.15) is 4.98 Å². The fourth-order valence-electron chi connectivity index (χ4n) is 2.09. The smallest absolute Gasteiger partial charge is 0.220 e. The zero-order valence-electron chi connectivity index (χ0n) is 10.0. The van der Waals surface area contributed by atoms with Crippen molar-refractivity contribution in [3.05, 3.63) is 17.1 Å². The summed E-state index contributed by atoms with van der Waals surface area (Å²) in [7, 11) is 1.61. The van der Waals surface area contributed by atoms with Gasteiger partial charge in [0.2, 0.25) is 5.88 Å². The average molecular weight is 238 g/mol. The van der Waals surface area contributed by atoms with Crippen LogP contribution in [0, 0.1) is 0 Å². The SMILES string of the molecule is COc1nc(CN)nc2c1CCN(CCO)C2. The van der Waals surface area contributed by atoms with Crippen LogP contribution in [0.25, 0.3) is 0 Å². The fraction of sp³-hybridized carbons (Fsp3) is 0.636. The summed E-state index contributed by atoms with van der Waals surface area (Å²) in [5.74, 6) is 1.24. The number of β-amino-alcohol motifs (C(OH)–C–C–N with tert-alkyl or cyclic N) is 1. The lowest BCUT2D eigenvalue weighted by molar-refractivity contribution is 0.181. The van der Waals surface area contributed by atoms with Gasteiger partial charge < -0.3 is 15.6 Å². The second-order valence-electron chi connectivity index (χ2n) is 4.03. The molecule has 0 aliphatic carbocycles. The number of rotatable bonds is 4. The number of aliphatic hydroxyl groups is 1. The van der Waals surface area contributed by atoms with E-state index >= 15 is 0 Å². The summed E-state index contributed by atoms with van der Waals surface area (Å²) in [6.45, 7) is 2.77. The minimum atomic E-state index is 0.168. The Morgan fingerprint density at radius 3 is 2.94 bits per heavy atom. The van der Waals surface area contributed by atoms with Crippen molar-refractivity contribution >= 4 is 0 Å². The molecule has 0 aromatic carbocycles. The molecule has 94 valence electrons. The van der Waals surface area contributed by atoms with Crippen molar-refractivity contribution in [2.45, 2.75) is 19.5 Å². The Hall–Kier alpha value is -1.24. The first-order chi connectivity index (χ1) is 8.28. The molecule has 0 saturated heterocycles. The Kier molecular flexibility index (Phi) is 3.88. The summed E-state index contributed by atoms with van der Waals surface area (Å²) in [4.78, 5) is 10.9. The molecule has 1 aliphatic heterocycles. The van der Waals surface area contributed by atoms with Gasteiger partial charge in [0.1, 0.15) is 5.82 Å². The fourth-order valence-corrected chi connectivity index (χ4v) is 2.09. The van der Waals surface area contributed by atoms with Crippen LogP contribution in [0.2, 0.25) is 0 Å². The predicted octanol–water partition coefficient (Wildman–Crippen LogP) is -0.706. The van der Waals surface area contributed by atoms with Crippen LogP contribution >= 0.6 is 0 Å². The Bertz CT molecular complexity index is 397. The van der Waals surface area contributed by atoms with E-state index in [9.17, 15) is 0 Å². The highest BCUT2D eigenvalue weighted by atomic mass is 16.5. The van der Waals surface area contributed by atoms with Crippen LogP contribution in [0.4, 0.5) is 0 Å². The molecule has 0 unspecified atom stereocenters. The predicted molar refractivity (Wildman–Crippen MR) is 62.5 cm³/mol. The molecule has 0 atom stereocenters. The number of methoxy groups -OCH3 is 1. The average Bonchev–Trinajstić information content (AvgIpc) is 2.37. The number of hydrogen-bond donors (Lipinski definition) is 2. The van der Waals surface area contributed by atoms with Gasteiger partial charge in [-0.15, -0.1) is 0 Å². The van der Waals surface area contributed by atoms with E-state index in [0.717, 1.165) is 30.8 Å². The molecule has 0 fully saturated rings. The maximum atomic E-state index is 8.95. The van der Waals surface area contributed by atoms with Crippen LogP contribution in [0.3, 0.4) is 0 Å². The van der Waals surface area contributed by atoms with Gasteiger partial charge in [-0.25, -0.2) is 4.98 Å². The van der Waals surface area contributed by atoms with Gasteiger partial charge in [0.15, 0.2) is 0 Å². The number of fused-ring (bicyclic) bond motifs is 1. The lowest BCUT2D eigenvalue weighted by atomic mass is 10.1. The van der Waals surface area contributed by atoms with E-state index in [0.29, 0.717) is 24.8 Å². The van der Waals surface area contributed by atoms with Gasteiger partial charge in [-0.05, 0) is 6.42 Å². The van der Waals surface area contributed by atoms with Crippen molar-refractivity contribution in [2.24, 2.45) is 5.73 Å². The first-order valence-corrected chi connectivity index (χ1v) is 5.74. The number of nitrogens with two attached hydrogens (primary N) is 1. The third kappa shape index (κ3) is 2.54. The number of ether oxygens (including phenoxy) is 1. The van der Waals surface area contributed by atoms with Gasteiger partial charge in [0.05, 0.1) is 26.0 Å². The van der Waals surface area contributed by atoms with E-state index in [1.165, 1.54) is 0 Å². The molecule has 2 rings (SSSR count). The summed E-state index contributed by atoms with van der Waals surface area (Å²) in [5.41, 5.74) is 7.60. The van der Waals surface area contributed by atoms with Gasteiger partial charge >= 0.3 is 0 Å². The quantitative estimate of drug-likeness (QED) is 0.721. The molecule has 1 aromatic heterocycles. The van der Waals surface area contributed by atoms with E-state index in [4.69, 9.17) is 15.6 Å². The Morgan fingerprint density at radius 2 is 2.29 bits per heavy atom. The Morgan fingerprint density at radius 1 is 1.47 bits per heavy atom. The van der Waals surface area contributed by atoms with Crippen LogP contribution in [0.15, 0.2) is 0 Å². The Labute approximate surface area is 100 Å². The normalized spacial score (nSPS) is 15.7. The highest BCUT2D eigenvalue weighted by Gasteiger charge is 2.22. The number of aromatic nitrogens is 2. The van der Waals surface area contributed by atoms with E-state index in [-0.39, 0.29) is 6.61 Å². The molecule has 2 heterocycles. The van der Waals surface area contributed by atoms with Crippen LogP contribution in [0.5, 0.6) is 5.88 Å². The zero-order valence-corrected chi connectivity index (χ0v) is 10.0. The van der Waals surface area contributed by atoms with Gasteiger partial charge in [0, 0.05) is 25.2 Å². The molecular formula is C11H18N4O2. The minimum Gasteiger partial charge on any atom is -0.481 e. The number of nitrogens with zero attached hydrogens (tertiary/aromatic N) is 3. The van der Waals surface area contributed by atoms with Gasteiger partial charge in [0.25, 0.3) is 0 Å². The molecule has 1 aromatic rings. The monoisotopic (exact) mass is 238 g/mol. The van der Waals surface area contributed by atoms with Crippen LogP contribution in [-0.4, -0.2) is 46.8 Å². The first kappa shape index (κ1) is 12.2. The highest BCUT2D eigenvalue weighted by Crippen LogP contribution is 2.24. The lowest BCUT2D eigenvalue weighted by Crippen LogP contribution is -2.34. The van der Waals surface area contributed by atoms with Crippen LogP contribution < -0.4 is 10.5 Å². The van der Waals surface area contributed by atoms with Crippen molar-refractivity contribution in [3.8, 4) is 5.88 Å². The third-order valence-corrected chi connectivity index (χ3v) is 2.94. The van der Waals surface area contributed by atoms with E-state index < -0.39 is 0 Å². The molecule has 0 saturated carbocycles. The number of hydrogen-bond acceptors (Lipinski definition) is 6. The molecule has 0 amide bonds. The largest absolute Gasteiger partial charge is 0.481 e. The van der Waals surface area contributed by atoms with Crippen molar-refractivity contribution < 1.29 is 9.84 Å². The van der Waals surface area contributed by atoms with Gasteiger partial charge in [-0.1, -0.05) is 0 Å². The molecule has 0 bridgehead atoms. The first-order valence-electron chi connectivity index (χ1n) is 5.74. The summed E-state index contributed by atoms with van der Waals surface area (Å²) >= 11 is 0. The molecular weight excluding hydrogens is 220 g/mol.